The molecule has 8 rings (SSSR count). The molecule has 0 spiro atoms. The zero-order valence-electron chi connectivity index (χ0n) is 79.0. The second-order valence-electron chi connectivity index (χ2n) is 35.1. The molecule has 5 heterocycles. The number of thioether (sulfide) groups is 1. The number of nitrogens with zero attached hydrogens (tertiary/aromatic N) is 6. The molecule has 13 unspecified atom stereocenters. The Morgan fingerprint density at radius 3 is 1.72 bits per heavy atom. The summed E-state index contributed by atoms with van der Waals surface area (Å²) >= 11 is 0.798. The number of rotatable bonds is 31. The van der Waals surface area contributed by atoms with Gasteiger partial charge in [-0.15, -0.1) is 18.3 Å². The molecule has 6 aromatic rings. The van der Waals surface area contributed by atoms with Gasteiger partial charge < -0.3 is 120 Å². The number of aliphatic hydroxyl groups is 1. The lowest BCUT2D eigenvalue weighted by atomic mass is 9.99. The maximum atomic E-state index is 15.9. The molecule has 2 fully saturated rings. The summed E-state index contributed by atoms with van der Waals surface area (Å²) in [5, 5.41) is 49.7. The Labute approximate surface area is 800 Å². The Morgan fingerprint density at radius 2 is 1.11 bits per heavy atom. The number of carbonyl (C=O) groups is 17. The van der Waals surface area contributed by atoms with E-state index in [0.29, 0.717) is 82.7 Å². The summed E-state index contributed by atoms with van der Waals surface area (Å²) in [5.74, 6) is -17.1. The first kappa shape index (κ1) is 109. The highest BCUT2D eigenvalue weighted by molar-refractivity contribution is 8.00. The Hall–Kier alpha value is -13.7. The van der Waals surface area contributed by atoms with Gasteiger partial charge in [-0.1, -0.05) is 132 Å². The van der Waals surface area contributed by atoms with Crippen molar-refractivity contribution < 1.29 is 86.6 Å². The largest absolute Gasteiger partial charge is 0.394 e. The van der Waals surface area contributed by atoms with Crippen LogP contribution in [0, 0.1) is 11.3 Å². The lowest BCUT2D eigenvalue weighted by molar-refractivity contribution is -0.149. The maximum Gasteiger partial charge on any atom is 0.246 e. The van der Waals surface area contributed by atoms with Crippen LogP contribution in [0.25, 0.3) is 21.8 Å². The van der Waals surface area contributed by atoms with E-state index in [4.69, 9.17) is 22.6 Å². The Balaban J connectivity index is 1.20. The fourth-order valence-electron chi connectivity index (χ4n) is 16.6. The Morgan fingerprint density at radius 1 is 0.555 bits per heavy atom. The van der Waals surface area contributed by atoms with Gasteiger partial charge in [0.1, 0.15) is 78.5 Å². The second-order valence-corrected chi connectivity index (χ2v) is 36.2. The Kier molecular flexibility index (Phi) is 42.9. The molecule has 0 radical (unpaired) electrons. The summed E-state index contributed by atoms with van der Waals surface area (Å²) in [5.41, 5.74) is 20.1. The number of aliphatic hydroxyl groups excluding tert-OH is 1. The quantitative estimate of drug-likeness (QED) is 0.0114. The van der Waals surface area contributed by atoms with Crippen molar-refractivity contribution in [2.45, 2.75) is 235 Å². The minimum Gasteiger partial charge on any atom is -0.394 e. The number of unbranched alkanes of at least 4 members (excludes halogenated alkanes) is 6. The predicted octanol–water partition coefficient (Wildman–Crippen LogP) is -0.411. The number of carbonyl (C=O) groups excluding carboxylic acids is 17. The van der Waals surface area contributed by atoms with Crippen LogP contribution in [-0.4, -0.2) is 307 Å². The number of hydrogen-bond acceptors (Lipinski definition) is 21. The van der Waals surface area contributed by atoms with E-state index in [1.54, 1.807) is 111 Å². The number of para-hydroxylation sites is 2. The molecule has 13 atom stereocenters. The van der Waals surface area contributed by atoms with Crippen molar-refractivity contribution in [1.29, 1.82) is 5.41 Å². The average Bonchev–Trinajstić information content (AvgIpc) is 1.76. The fourth-order valence-corrected chi connectivity index (χ4v) is 17.4. The first-order valence-corrected chi connectivity index (χ1v) is 47.5. The zero-order chi connectivity index (χ0) is 100. The molecule has 42 nitrogen and oxygen atoms in total. The monoisotopic (exact) mass is 1920 g/mol. The van der Waals surface area contributed by atoms with Crippen molar-refractivity contribution in [2.75, 3.05) is 72.5 Å². The van der Waals surface area contributed by atoms with E-state index in [1.807, 2.05) is 6.92 Å². The molecule has 22 N–H and O–H groups in total. The summed E-state index contributed by atoms with van der Waals surface area (Å²) in [6.45, 7) is 8.05. The van der Waals surface area contributed by atoms with Gasteiger partial charge in [-0.25, -0.2) is 4.98 Å². The van der Waals surface area contributed by atoms with Crippen LogP contribution in [0.4, 0.5) is 0 Å². The number of benzene rings is 3. The van der Waals surface area contributed by atoms with Crippen LogP contribution < -0.4 is 75.7 Å². The van der Waals surface area contributed by atoms with Gasteiger partial charge in [0.05, 0.1) is 38.2 Å². The van der Waals surface area contributed by atoms with E-state index in [1.165, 1.54) is 57.4 Å². The van der Waals surface area contributed by atoms with Crippen molar-refractivity contribution in [2.24, 2.45) is 23.1 Å². The van der Waals surface area contributed by atoms with Crippen molar-refractivity contribution in [3.05, 3.63) is 139 Å². The number of aromatic amines is 3. The van der Waals surface area contributed by atoms with Gasteiger partial charge in [0, 0.05) is 119 Å². The third kappa shape index (κ3) is 32.8. The molecule has 2 aliphatic heterocycles. The first-order chi connectivity index (χ1) is 65.4. The number of guanidine groups is 1. The molecule has 137 heavy (non-hydrogen) atoms. The van der Waals surface area contributed by atoms with Gasteiger partial charge in [-0.05, 0) is 99.5 Å². The predicted molar refractivity (Wildman–Crippen MR) is 513 cm³/mol. The van der Waals surface area contributed by atoms with E-state index in [2.05, 4.69) is 85.0 Å². The van der Waals surface area contributed by atoms with Crippen LogP contribution in [0.2, 0.25) is 0 Å². The van der Waals surface area contributed by atoms with E-state index >= 15 is 28.8 Å². The molecule has 0 saturated carbocycles. The minimum absolute atomic E-state index is 0.00197. The molecule has 43 heteroatoms. The van der Waals surface area contributed by atoms with Crippen LogP contribution in [0.15, 0.2) is 116 Å². The SMILES string of the molecule is C=CCCCCCC1C(=O)N(C)C(CCCCCC)C(=O)NC(CCCNC(=N)N)C(=O)NC(C(=O)NCC(N)=O)CSCC(=O)NC(Cc2ccccc2)C(=O)N(C)C(C)C(=O)NC(CC(N)=O)C(=O)N2CCCC2C(=O)NC(Cc2cnc[nH]2)C(=O)NC(CC(C)C)C(=O)N(C)CC(=O)NC(Cc2c[nH]c3ccccc23)C(=O)NC(CO)C(=O)NC(Cc2c[nH]c3ccccc23)C(=O)N1C. The third-order valence-electron chi connectivity index (χ3n) is 24.2. The normalized spacial score (nSPS) is 23.1. The number of aromatic nitrogens is 4. The second kappa shape index (κ2) is 54.1. The smallest absolute Gasteiger partial charge is 0.246 e. The van der Waals surface area contributed by atoms with Crippen molar-refractivity contribution in [3.63, 3.8) is 0 Å². The van der Waals surface area contributed by atoms with Gasteiger partial charge >= 0.3 is 0 Å². The van der Waals surface area contributed by atoms with Crippen LogP contribution in [0.3, 0.4) is 0 Å². The molecule has 0 bridgehead atoms. The van der Waals surface area contributed by atoms with E-state index in [0.717, 1.165) is 39.3 Å². The number of fused-ring (bicyclic) bond motifs is 3. The number of nitrogens with two attached hydrogens (primary N) is 3. The number of primary amides is 2. The van der Waals surface area contributed by atoms with Gasteiger partial charge in [0.15, 0.2) is 5.96 Å². The standard InChI is InChI=1S/C94H134N24O18S/c1-10-12-14-16-21-36-76-93(136)116(8)74(35-20-15-13-11-2)87(130)107-65(34-26-38-100-94(97)98)83(126)113-73(82(125)103-49-78(96)121)52-137-53-80(123)106-69(41-57-28-18-17-19-29-57)90(133)115(7)56(5)81(124)109-71(45-77(95)120)92(135)118-39-27-37-75(118)88(131)108-67(44-60-48-99-54-104-60)85(128)110-68(40-55(3)4)89(132)114(6)50-79(122)105-66(42-58-46-101-63-32-24-22-30-61(58)63)84(127)112-72(51-119)86(129)111-70(91(134)117(76)9)43-59-47-102-64-33-25-23-31-62(59)64/h10,17-19,22-25,28-33,46-48,54-56,65-76,101-102,119H,1,11-16,20-21,26-27,34-45,49-53H2,2-9H3,(H2,95,120)(H2,96,121)(H,99,104)(H,103,125)(H,105,122)(H,106,123)(H,107,130)(H,108,131)(H,109,124)(H,110,128)(H,111,129)(H,112,127)(H,113,126)(H4,97,98,100). The van der Waals surface area contributed by atoms with Crippen LogP contribution >= 0.6 is 11.8 Å². The number of H-pyrrole nitrogens is 3. The van der Waals surface area contributed by atoms with Crippen molar-refractivity contribution in [1.82, 2.24) is 103 Å². The van der Waals surface area contributed by atoms with Crippen LogP contribution in [-0.2, 0) is 107 Å². The fraction of sp³-hybridized carbons (Fsp3) is 0.521. The lowest BCUT2D eigenvalue weighted by Gasteiger charge is -2.36. The number of likely N-dealkylation sites (N-methyl/N-ethyl adjacent to an activating group) is 4. The number of amides is 17. The number of imidazole rings is 1. The van der Waals surface area contributed by atoms with Gasteiger partial charge in [-0.3, -0.25) is 86.9 Å². The topological polar surface area (TPSA) is 621 Å². The number of allylic oxidation sites excluding steroid dienone is 1. The molecule has 17 amide bonds. The molecule has 2 saturated heterocycles. The van der Waals surface area contributed by atoms with Gasteiger partial charge in [0.25, 0.3) is 0 Å². The van der Waals surface area contributed by atoms with Crippen LogP contribution in [0.5, 0.6) is 0 Å². The third-order valence-corrected chi connectivity index (χ3v) is 25.2. The lowest BCUT2D eigenvalue weighted by Crippen LogP contribution is -2.61. The molecular formula is C94H134N24O18S. The van der Waals surface area contributed by atoms with E-state index in [9.17, 15) is 57.8 Å². The minimum atomic E-state index is -1.86. The summed E-state index contributed by atoms with van der Waals surface area (Å²) in [7, 11) is 5.30. The van der Waals surface area contributed by atoms with Gasteiger partial charge in [0.2, 0.25) is 100 Å². The molecule has 744 valence electrons. The van der Waals surface area contributed by atoms with Crippen LogP contribution in [0.1, 0.15) is 153 Å². The molecule has 2 aliphatic rings. The Bertz CT molecular complexity index is 5190. The van der Waals surface area contributed by atoms with Crippen molar-refractivity contribution >= 4 is 140 Å². The van der Waals surface area contributed by atoms with Gasteiger partial charge in [-0.2, -0.15) is 0 Å². The highest BCUT2D eigenvalue weighted by Gasteiger charge is 2.44. The molecule has 3 aromatic heterocycles. The summed E-state index contributed by atoms with van der Waals surface area (Å²) in [6.07, 6.45) is 10.6. The molecule has 0 aliphatic carbocycles. The highest BCUT2D eigenvalue weighted by atomic mass is 32.2. The number of hydrogen-bond donors (Lipinski definition) is 19. The zero-order valence-corrected chi connectivity index (χ0v) is 79.8. The highest BCUT2D eigenvalue weighted by Crippen LogP contribution is 2.27. The number of nitrogens with one attached hydrogen (secondary N) is 15. The maximum absolute atomic E-state index is 15.9. The molecule has 3 aromatic carbocycles. The summed E-state index contributed by atoms with van der Waals surface area (Å²) < 4.78 is 0. The summed E-state index contributed by atoms with van der Waals surface area (Å²) in [4.78, 5) is 269. The first-order valence-electron chi connectivity index (χ1n) is 46.3. The van der Waals surface area contributed by atoms with Crippen molar-refractivity contribution in [3.8, 4) is 0 Å². The molecular weight excluding hydrogens is 1790 g/mol. The summed E-state index contributed by atoms with van der Waals surface area (Å²) in [6, 6.07) is 2.84. The van der Waals surface area contributed by atoms with E-state index < -0.39 is 223 Å². The average molecular weight is 1920 g/mol. The van der Waals surface area contributed by atoms with E-state index in [-0.39, 0.29) is 89.6 Å².